The fourth-order valence-electron chi connectivity index (χ4n) is 3.67. The van der Waals surface area contributed by atoms with Gasteiger partial charge in [0.15, 0.2) is 5.82 Å². The Balaban J connectivity index is 1.70. The fraction of sp³-hybridized carbons (Fsp3) is 0. The lowest BCUT2D eigenvalue weighted by atomic mass is 10.0. The van der Waals surface area contributed by atoms with Crippen LogP contribution in [0.4, 0.5) is 5.69 Å². The van der Waals surface area contributed by atoms with Crippen molar-refractivity contribution < 1.29 is 0 Å². The van der Waals surface area contributed by atoms with Crippen LogP contribution < -0.4 is 5.73 Å². The SMILES string of the molecule is Nc1cc(-c2ccccc2)cc(-c2nc(-c3ccccc3)cc(-c3ccccc3)n2)c1. The summed E-state index contributed by atoms with van der Waals surface area (Å²) in [6, 6.07) is 38.6. The normalized spacial score (nSPS) is 10.7. The summed E-state index contributed by atoms with van der Waals surface area (Å²) in [7, 11) is 0. The second kappa shape index (κ2) is 8.25. The molecule has 0 fully saturated rings. The molecule has 4 aromatic carbocycles. The highest BCUT2D eigenvalue weighted by Gasteiger charge is 2.12. The summed E-state index contributed by atoms with van der Waals surface area (Å²) in [6.07, 6.45) is 0. The molecule has 0 radical (unpaired) electrons. The molecule has 0 aliphatic heterocycles. The Morgan fingerprint density at radius 3 is 1.39 bits per heavy atom. The smallest absolute Gasteiger partial charge is 0.160 e. The zero-order valence-electron chi connectivity index (χ0n) is 16.9. The van der Waals surface area contributed by atoms with E-state index in [2.05, 4.69) is 42.5 Å². The van der Waals surface area contributed by atoms with Gasteiger partial charge < -0.3 is 5.73 Å². The number of rotatable bonds is 4. The van der Waals surface area contributed by atoms with E-state index in [4.69, 9.17) is 15.7 Å². The maximum absolute atomic E-state index is 6.28. The number of nitrogens with two attached hydrogens (primary N) is 1. The van der Waals surface area contributed by atoms with E-state index in [-0.39, 0.29) is 0 Å². The van der Waals surface area contributed by atoms with Crippen molar-refractivity contribution >= 4 is 5.69 Å². The van der Waals surface area contributed by atoms with Crippen LogP contribution in [0.15, 0.2) is 115 Å². The minimum atomic E-state index is 0.657. The molecule has 0 atom stereocenters. The Bertz CT molecular complexity index is 1260. The summed E-state index contributed by atoms with van der Waals surface area (Å²) in [6.45, 7) is 0. The third-order valence-corrected chi connectivity index (χ3v) is 5.19. The van der Waals surface area contributed by atoms with Gasteiger partial charge in [-0.15, -0.1) is 0 Å². The maximum Gasteiger partial charge on any atom is 0.160 e. The lowest BCUT2D eigenvalue weighted by molar-refractivity contribution is 1.18. The Morgan fingerprint density at radius 2 is 0.871 bits per heavy atom. The average molecular weight is 399 g/mol. The standard InChI is InChI=1S/C28H21N3/c29-25-17-23(20-10-4-1-5-11-20)16-24(18-25)28-30-26(21-12-6-2-7-13-21)19-27(31-28)22-14-8-3-9-15-22/h1-19H,29H2. The van der Waals surface area contributed by atoms with Crippen LogP contribution in [0.3, 0.4) is 0 Å². The van der Waals surface area contributed by atoms with E-state index in [9.17, 15) is 0 Å². The van der Waals surface area contributed by atoms with E-state index in [0.29, 0.717) is 11.5 Å². The van der Waals surface area contributed by atoms with E-state index in [1.807, 2.05) is 72.8 Å². The van der Waals surface area contributed by atoms with Crippen LogP contribution in [0.1, 0.15) is 0 Å². The number of nitrogen functional groups attached to an aromatic ring is 1. The summed E-state index contributed by atoms with van der Waals surface area (Å²) >= 11 is 0. The van der Waals surface area contributed by atoms with Crippen molar-refractivity contribution in [3.8, 4) is 45.0 Å². The maximum atomic E-state index is 6.28. The van der Waals surface area contributed by atoms with Gasteiger partial charge in [-0.05, 0) is 35.4 Å². The van der Waals surface area contributed by atoms with Crippen molar-refractivity contribution in [1.82, 2.24) is 9.97 Å². The zero-order valence-corrected chi connectivity index (χ0v) is 16.9. The van der Waals surface area contributed by atoms with Crippen molar-refractivity contribution in [1.29, 1.82) is 0 Å². The summed E-state index contributed by atoms with van der Waals surface area (Å²) in [5, 5.41) is 0. The minimum absolute atomic E-state index is 0.657. The van der Waals surface area contributed by atoms with Crippen molar-refractivity contribution in [2.45, 2.75) is 0 Å². The Morgan fingerprint density at radius 1 is 0.419 bits per heavy atom. The Kier molecular flexibility index (Phi) is 4.99. The van der Waals surface area contributed by atoms with Gasteiger partial charge in [0.05, 0.1) is 11.4 Å². The predicted octanol–water partition coefficient (Wildman–Crippen LogP) is 6.73. The highest BCUT2D eigenvalue weighted by Crippen LogP contribution is 2.31. The molecule has 31 heavy (non-hydrogen) atoms. The summed E-state index contributed by atoms with van der Waals surface area (Å²) in [4.78, 5) is 9.82. The third kappa shape index (κ3) is 4.07. The van der Waals surface area contributed by atoms with Gasteiger partial charge in [0.1, 0.15) is 0 Å². The molecule has 3 heteroatoms. The molecule has 5 rings (SSSR count). The number of hydrogen-bond donors (Lipinski definition) is 1. The number of anilines is 1. The first-order valence-electron chi connectivity index (χ1n) is 10.2. The quantitative estimate of drug-likeness (QED) is 0.341. The van der Waals surface area contributed by atoms with E-state index in [1.54, 1.807) is 0 Å². The van der Waals surface area contributed by atoms with Gasteiger partial charge in [-0.3, -0.25) is 0 Å². The van der Waals surface area contributed by atoms with Gasteiger partial charge in [-0.25, -0.2) is 9.97 Å². The number of hydrogen-bond acceptors (Lipinski definition) is 3. The Hall–Kier alpha value is -4.24. The number of nitrogens with zero attached hydrogens (tertiary/aromatic N) is 2. The van der Waals surface area contributed by atoms with Crippen LogP contribution in [0, 0.1) is 0 Å². The van der Waals surface area contributed by atoms with E-state index in [0.717, 1.165) is 39.2 Å². The van der Waals surface area contributed by atoms with Gasteiger partial charge in [0, 0.05) is 22.4 Å². The average Bonchev–Trinajstić information content (AvgIpc) is 2.85. The zero-order chi connectivity index (χ0) is 21.0. The van der Waals surface area contributed by atoms with E-state index >= 15 is 0 Å². The van der Waals surface area contributed by atoms with Gasteiger partial charge >= 0.3 is 0 Å². The summed E-state index contributed by atoms with van der Waals surface area (Å²) in [5.41, 5.74) is 13.9. The molecular weight excluding hydrogens is 378 g/mol. The molecule has 148 valence electrons. The third-order valence-electron chi connectivity index (χ3n) is 5.19. The van der Waals surface area contributed by atoms with Crippen LogP contribution in [-0.2, 0) is 0 Å². The van der Waals surface area contributed by atoms with Crippen LogP contribution in [-0.4, -0.2) is 9.97 Å². The minimum Gasteiger partial charge on any atom is -0.399 e. The monoisotopic (exact) mass is 399 g/mol. The Labute approximate surface area is 181 Å². The van der Waals surface area contributed by atoms with Gasteiger partial charge in [0.25, 0.3) is 0 Å². The lowest BCUT2D eigenvalue weighted by Crippen LogP contribution is -1.97. The van der Waals surface area contributed by atoms with Crippen LogP contribution in [0.25, 0.3) is 45.0 Å². The second-order valence-electron chi connectivity index (χ2n) is 7.40. The summed E-state index contributed by atoms with van der Waals surface area (Å²) < 4.78 is 0. The number of benzene rings is 4. The molecule has 1 aromatic heterocycles. The van der Waals surface area contributed by atoms with Crippen LogP contribution >= 0.6 is 0 Å². The highest BCUT2D eigenvalue weighted by atomic mass is 14.9. The summed E-state index contributed by atoms with van der Waals surface area (Å²) in [5.74, 6) is 0.657. The second-order valence-corrected chi connectivity index (χ2v) is 7.40. The molecule has 0 saturated carbocycles. The van der Waals surface area contributed by atoms with E-state index < -0.39 is 0 Å². The number of aromatic nitrogens is 2. The van der Waals surface area contributed by atoms with Crippen LogP contribution in [0.5, 0.6) is 0 Å². The van der Waals surface area contributed by atoms with E-state index in [1.165, 1.54) is 0 Å². The van der Waals surface area contributed by atoms with Crippen molar-refractivity contribution in [2.75, 3.05) is 5.73 Å². The van der Waals surface area contributed by atoms with Gasteiger partial charge in [0.2, 0.25) is 0 Å². The molecule has 1 heterocycles. The first-order chi connectivity index (χ1) is 15.3. The van der Waals surface area contributed by atoms with Crippen molar-refractivity contribution in [2.24, 2.45) is 0 Å². The van der Waals surface area contributed by atoms with Crippen LogP contribution in [0.2, 0.25) is 0 Å². The first-order valence-corrected chi connectivity index (χ1v) is 10.2. The largest absolute Gasteiger partial charge is 0.399 e. The van der Waals surface area contributed by atoms with Gasteiger partial charge in [-0.1, -0.05) is 91.0 Å². The topological polar surface area (TPSA) is 51.8 Å². The lowest BCUT2D eigenvalue weighted by Gasteiger charge is -2.11. The van der Waals surface area contributed by atoms with Crippen molar-refractivity contribution in [3.63, 3.8) is 0 Å². The molecule has 3 nitrogen and oxygen atoms in total. The molecule has 0 unspecified atom stereocenters. The molecule has 0 aliphatic carbocycles. The molecule has 0 amide bonds. The molecule has 0 bridgehead atoms. The predicted molar refractivity (Wildman–Crippen MR) is 128 cm³/mol. The van der Waals surface area contributed by atoms with Crippen molar-refractivity contribution in [3.05, 3.63) is 115 Å². The molecule has 0 spiro atoms. The molecule has 2 N–H and O–H groups in total. The van der Waals surface area contributed by atoms with Gasteiger partial charge in [-0.2, -0.15) is 0 Å². The molecule has 5 aromatic rings. The molecule has 0 saturated heterocycles. The fourth-order valence-corrected chi connectivity index (χ4v) is 3.67. The highest BCUT2D eigenvalue weighted by molar-refractivity contribution is 5.77. The molecular formula is C28H21N3. The first kappa shape index (κ1) is 18.8. The molecule has 0 aliphatic rings.